The highest BCUT2D eigenvalue weighted by Gasteiger charge is 2.19. The van der Waals surface area contributed by atoms with Gasteiger partial charge < -0.3 is 4.74 Å². The lowest BCUT2D eigenvalue weighted by molar-refractivity contribution is 0.1000. The Bertz CT molecular complexity index is 657. The average molecular weight is 251 g/mol. The van der Waals surface area contributed by atoms with Crippen LogP contribution in [-0.2, 0) is 6.42 Å². The molecule has 0 fully saturated rings. The summed E-state index contributed by atoms with van der Waals surface area (Å²) in [5, 5.41) is 0. The van der Waals surface area contributed by atoms with Crippen molar-refractivity contribution in [2.24, 2.45) is 4.99 Å². The van der Waals surface area contributed by atoms with Crippen LogP contribution in [0.3, 0.4) is 0 Å². The van der Waals surface area contributed by atoms with E-state index in [1.807, 2.05) is 48.5 Å². The van der Waals surface area contributed by atoms with E-state index >= 15 is 0 Å². The highest BCUT2D eigenvalue weighted by atomic mass is 16.5. The van der Waals surface area contributed by atoms with Crippen molar-refractivity contribution in [2.45, 2.75) is 6.42 Å². The summed E-state index contributed by atoms with van der Waals surface area (Å²) in [4.78, 5) is 16.2. The van der Waals surface area contributed by atoms with E-state index in [9.17, 15) is 4.79 Å². The van der Waals surface area contributed by atoms with Gasteiger partial charge >= 0.3 is 0 Å². The molecule has 2 aromatic rings. The third-order valence-corrected chi connectivity index (χ3v) is 3.27. The van der Waals surface area contributed by atoms with Gasteiger partial charge in [0.2, 0.25) is 0 Å². The van der Waals surface area contributed by atoms with Crippen molar-refractivity contribution in [2.75, 3.05) is 7.11 Å². The van der Waals surface area contributed by atoms with Crippen LogP contribution >= 0.6 is 0 Å². The molecule has 1 amide bonds. The van der Waals surface area contributed by atoms with Gasteiger partial charge in [-0.05, 0) is 41.5 Å². The summed E-state index contributed by atoms with van der Waals surface area (Å²) in [6.45, 7) is 0. The molecule has 0 aromatic heterocycles. The van der Waals surface area contributed by atoms with E-state index in [0.717, 1.165) is 22.6 Å². The first-order chi connectivity index (χ1) is 9.28. The highest BCUT2D eigenvalue weighted by Crippen LogP contribution is 2.21. The maximum atomic E-state index is 12.0. The van der Waals surface area contributed by atoms with Gasteiger partial charge in [0.05, 0.1) is 12.8 Å². The Balaban J connectivity index is 1.97. The fraction of sp³-hybridized carbons (Fsp3) is 0.125. The summed E-state index contributed by atoms with van der Waals surface area (Å²) >= 11 is 0. The third kappa shape index (κ3) is 2.15. The Hall–Kier alpha value is -2.42. The number of benzene rings is 2. The lowest BCUT2D eigenvalue weighted by Crippen LogP contribution is -2.17. The maximum Gasteiger partial charge on any atom is 0.277 e. The van der Waals surface area contributed by atoms with Crippen molar-refractivity contribution in [3.05, 3.63) is 65.2 Å². The van der Waals surface area contributed by atoms with Gasteiger partial charge in [-0.3, -0.25) is 4.79 Å². The van der Waals surface area contributed by atoms with E-state index in [0.29, 0.717) is 12.0 Å². The second-order valence-electron chi connectivity index (χ2n) is 4.43. The molecule has 0 saturated heterocycles. The summed E-state index contributed by atoms with van der Waals surface area (Å²) in [7, 11) is 1.63. The molecule has 3 rings (SSSR count). The molecule has 0 saturated carbocycles. The number of carbonyl (C=O) groups is 1. The molecule has 3 nitrogen and oxygen atoms in total. The Labute approximate surface area is 111 Å². The number of hydrogen-bond donors (Lipinski definition) is 0. The zero-order valence-electron chi connectivity index (χ0n) is 10.6. The first-order valence-electron chi connectivity index (χ1n) is 6.12. The Kier molecular flexibility index (Phi) is 2.88. The van der Waals surface area contributed by atoms with Gasteiger partial charge in [0.15, 0.2) is 0 Å². The van der Waals surface area contributed by atoms with Crippen LogP contribution < -0.4 is 4.74 Å². The monoisotopic (exact) mass is 251 g/mol. The number of rotatable bonds is 2. The second-order valence-corrected chi connectivity index (χ2v) is 4.43. The van der Waals surface area contributed by atoms with E-state index < -0.39 is 0 Å². The normalized spacial score (nSPS) is 13.7. The van der Waals surface area contributed by atoms with E-state index in [-0.39, 0.29) is 5.91 Å². The number of aliphatic imine (C=N–C) groups is 1. The molecule has 1 heterocycles. The van der Waals surface area contributed by atoms with Crippen molar-refractivity contribution in [3.8, 4) is 5.75 Å². The number of ether oxygens (including phenoxy) is 1. The van der Waals surface area contributed by atoms with Gasteiger partial charge in [-0.15, -0.1) is 0 Å². The van der Waals surface area contributed by atoms with Crippen LogP contribution in [0.15, 0.2) is 53.5 Å². The molecule has 0 radical (unpaired) electrons. The van der Waals surface area contributed by atoms with Crippen LogP contribution in [0.25, 0.3) is 0 Å². The summed E-state index contributed by atoms with van der Waals surface area (Å²) in [6.07, 6.45) is 0.689. The van der Waals surface area contributed by atoms with Gasteiger partial charge in [0.25, 0.3) is 5.91 Å². The van der Waals surface area contributed by atoms with Crippen molar-refractivity contribution >= 4 is 11.6 Å². The molecule has 19 heavy (non-hydrogen) atoms. The van der Waals surface area contributed by atoms with Crippen molar-refractivity contribution < 1.29 is 9.53 Å². The first kappa shape index (κ1) is 11.7. The average Bonchev–Trinajstić information content (AvgIpc) is 2.47. The van der Waals surface area contributed by atoms with Gasteiger partial charge in [-0.2, -0.15) is 0 Å². The van der Waals surface area contributed by atoms with E-state index in [1.165, 1.54) is 0 Å². The second kappa shape index (κ2) is 4.69. The van der Waals surface area contributed by atoms with Crippen LogP contribution in [0.2, 0.25) is 0 Å². The van der Waals surface area contributed by atoms with Gasteiger partial charge in [0, 0.05) is 12.0 Å². The minimum Gasteiger partial charge on any atom is -0.497 e. The first-order valence-corrected chi connectivity index (χ1v) is 6.12. The number of methoxy groups -OCH3 is 1. The van der Waals surface area contributed by atoms with Crippen molar-refractivity contribution in [1.82, 2.24) is 0 Å². The lowest BCUT2D eigenvalue weighted by atomic mass is 9.95. The number of amides is 1. The molecular formula is C16H13NO2. The maximum absolute atomic E-state index is 12.0. The highest BCUT2D eigenvalue weighted by molar-refractivity contribution is 6.15. The van der Waals surface area contributed by atoms with Crippen LogP contribution in [-0.4, -0.2) is 18.7 Å². The molecule has 0 N–H and O–H groups in total. The van der Waals surface area contributed by atoms with Gasteiger partial charge in [-0.1, -0.05) is 18.2 Å². The molecule has 0 aliphatic carbocycles. The van der Waals surface area contributed by atoms with Gasteiger partial charge in [-0.25, -0.2) is 4.99 Å². The summed E-state index contributed by atoms with van der Waals surface area (Å²) in [6, 6.07) is 15.2. The molecule has 0 atom stereocenters. The zero-order valence-corrected chi connectivity index (χ0v) is 10.6. The molecule has 0 bridgehead atoms. The summed E-state index contributed by atoms with van der Waals surface area (Å²) < 4.78 is 5.13. The Morgan fingerprint density at radius 1 is 1.05 bits per heavy atom. The molecule has 1 aliphatic rings. The fourth-order valence-corrected chi connectivity index (χ4v) is 2.24. The minimum atomic E-state index is -0.160. The predicted molar refractivity (Wildman–Crippen MR) is 74.0 cm³/mol. The Morgan fingerprint density at radius 3 is 2.53 bits per heavy atom. The van der Waals surface area contributed by atoms with Crippen LogP contribution in [0, 0.1) is 0 Å². The molecule has 0 unspecified atom stereocenters. The third-order valence-electron chi connectivity index (χ3n) is 3.27. The largest absolute Gasteiger partial charge is 0.497 e. The SMILES string of the molecule is COc1ccc(C2=NC(=O)c3ccccc3C2)cc1. The zero-order chi connectivity index (χ0) is 13.2. The summed E-state index contributed by atoms with van der Waals surface area (Å²) in [5.74, 6) is 0.638. The van der Waals surface area contributed by atoms with Crippen LogP contribution in [0.1, 0.15) is 21.5 Å². The topological polar surface area (TPSA) is 38.7 Å². The van der Waals surface area contributed by atoms with Crippen LogP contribution in [0.4, 0.5) is 0 Å². The van der Waals surface area contributed by atoms with E-state index in [4.69, 9.17) is 4.74 Å². The fourth-order valence-electron chi connectivity index (χ4n) is 2.24. The quantitative estimate of drug-likeness (QED) is 0.823. The molecule has 1 aliphatic heterocycles. The van der Waals surface area contributed by atoms with E-state index in [2.05, 4.69) is 4.99 Å². The number of nitrogens with zero attached hydrogens (tertiary/aromatic N) is 1. The number of fused-ring (bicyclic) bond motifs is 1. The molecule has 2 aromatic carbocycles. The predicted octanol–water partition coefficient (Wildman–Crippen LogP) is 2.88. The molecular weight excluding hydrogens is 238 g/mol. The van der Waals surface area contributed by atoms with Crippen molar-refractivity contribution in [1.29, 1.82) is 0 Å². The number of hydrogen-bond acceptors (Lipinski definition) is 2. The molecule has 3 heteroatoms. The van der Waals surface area contributed by atoms with Crippen molar-refractivity contribution in [3.63, 3.8) is 0 Å². The smallest absolute Gasteiger partial charge is 0.277 e. The number of carbonyl (C=O) groups excluding carboxylic acids is 1. The van der Waals surface area contributed by atoms with Gasteiger partial charge in [0.1, 0.15) is 5.75 Å². The minimum absolute atomic E-state index is 0.160. The molecule has 0 spiro atoms. The van der Waals surface area contributed by atoms with Crippen LogP contribution in [0.5, 0.6) is 5.75 Å². The Morgan fingerprint density at radius 2 is 1.79 bits per heavy atom. The molecule has 94 valence electrons. The standard InChI is InChI=1S/C16H13NO2/c1-19-13-8-6-11(7-9-13)15-10-12-4-2-3-5-14(12)16(18)17-15/h2-9H,10H2,1H3. The van der Waals surface area contributed by atoms with E-state index in [1.54, 1.807) is 7.11 Å². The summed E-state index contributed by atoms with van der Waals surface area (Å²) in [5.41, 5.74) is 3.52. The lowest BCUT2D eigenvalue weighted by Gasteiger charge is -2.15.